The van der Waals surface area contributed by atoms with Crippen LogP contribution in [-0.4, -0.2) is 6.54 Å². The third-order valence-corrected chi connectivity index (χ3v) is 4.06. The second-order valence-electron chi connectivity index (χ2n) is 5.97. The highest BCUT2D eigenvalue weighted by Crippen LogP contribution is 2.25. The van der Waals surface area contributed by atoms with E-state index in [1.165, 1.54) is 61.8 Å². The first-order valence-corrected chi connectivity index (χ1v) is 7.52. The summed E-state index contributed by atoms with van der Waals surface area (Å²) in [6, 6.07) is 6.83. The van der Waals surface area contributed by atoms with Gasteiger partial charge in [-0.15, -0.1) is 0 Å². The van der Waals surface area contributed by atoms with Crippen LogP contribution in [-0.2, 0) is 6.54 Å². The lowest BCUT2D eigenvalue weighted by Crippen LogP contribution is -2.19. The fraction of sp³-hybridized carbons (Fsp3) is 0.647. The van der Waals surface area contributed by atoms with Crippen molar-refractivity contribution in [2.75, 3.05) is 6.54 Å². The minimum atomic E-state index is 0.991. The van der Waals surface area contributed by atoms with Crippen molar-refractivity contribution in [2.24, 2.45) is 5.92 Å². The van der Waals surface area contributed by atoms with Crippen molar-refractivity contribution < 1.29 is 0 Å². The maximum Gasteiger partial charge on any atom is 0.0205 e. The number of hydrogen-bond acceptors (Lipinski definition) is 1. The Balaban J connectivity index is 1.68. The molecule has 0 radical (unpaired) electrons. The summed E-state index contributed by atoms with van der Waals surface area (Å²) in [6.45, 7) is 6.56. The molecule has 100 valence electrons. The summed E-state index contributed by atoms with van der Waals surface area (Å²) in [6.07, 6.45) is 8.68. The maximum atomic E-state index is 3.60. The number of rotatable bonds is 5. The molecule has 0 amide bonds. The fourth-order valence-electron chi connectivity index (χ4n) is 3.19. The monoisotopic (exact) mass is 245 g/mol. The summed E-state index contributed by atoms with van der Waals surface area (Å²) in [7, 11) is 0. The van der Waals surface area contributed by atoms with E-state index in [0.29, 0.717) is 0 Å². The fourth-order valence-corrected chi connectivity index (χ4v) is 3.19. The lowest BCUT2D eigenvalue weighted by molar-refractivity contribution is 0.334. The SMILES string of the molecule is Cc1cc(C)cc(CNCCC2CCCCC2)c1. The Labute approximate surface area is 112 Å². The molecule has 0 aromatic heterocycles. The topological polar surface area (TPSA) is 12.0 Å². The average molecular weight is 245 g/mol. The highest BCUT2D eigenvalue weighted by molar-refractivity contribution is 5.28. The first-order chi connectivity index (χ1) is 8.74. The highest BCUT2D eigenvalue weighted by atomic mass is 14.8. The van der Waals surface area contributed by atoms with Gasteiger partial charge in [-0.2, -0.15) is 0 Å². The summed E-state index contributed by atoms with van der Waals surface area (Å²) >= 11 is 0. The first-order valence-electron chi connectivity index (χ1n) is 7.52. The lowest BCUT2D eigenvalue weighted by Gasteiger charge is -2.21. The summed E-state index contributed by atoms with van der Waals surface area (Å²) in [5.41, 5.74) is 4.18. The molecule has 0 atom stereocenters. The molecule has 0 unspecified atom stereocenters. The van der Waals surface area contributed by atoms with Gasteiger partial charge in [0.15, 0.2) is 0 Å². The molecule has 1 fully saturated rings. The maximum absolute atomic E-state index is 3.60. The van der Waals surface area contributed by atoms with E-state index < -0.39 is 0 Å². The molecule has 1 aromatic rings. The molecule has 18 heavy (non-hydrogen) atoms. The molecule has 0 aliphatic heterocycles. The molecule has 1 aliphatic rings. The van der Waals surface area contributed by atoms with Gasteiger partial charge >= 0.3 is 0 Å². The van der Waals surface area contributed by atoms with E-state index in [1.807, 2.05) is 0 Å². The van der Waals surface area contributed by atoms with Gasteiger partial charge in [0.2, 0.25) is 0 Å². The largest absolute Gasteiger partial charge is 0.313 e. The van der Waals surface area contributed by atoms with Gasteiger partial charge < -0.3 is 5.32 Å². The van der Waals surface area contributed by atoms with Crippen molar-refractivity contribution in [3.05, 3.63) is 34.9 Å². The molecule has 0 heterocycles. The third kappa shape index (κ3) is 4.45. The molecule has 1 saturated carbocycles. The highest BCUT2D eigenvalue weighted by Gasteiger charge is 2.12. The van der Waals surface area contributed by atoms with Crippen LogP contribution >= 0.6 is 0 Å². The average Bonchev–Trinajstić information content (AvgIpc) is 2.35. The van der Waals surface area contributed by atoms with Gasteiger partial charge in [-0.1, -0.05) is 61.4 Å². The van der Waals surface area contributed by atoms with Crippen molar-refractivity contribution in [1.29, 1.82) is 0 Å². The van der Waals surface area contributed by atoms with Crippen molar-refractivity contribution >= 4 is 0 Å². The second-order valence-corrected chi connectivity index (χ2v) is 5.97. The Hall–Kier alpha value is -0.820. The van der Waals surface area contributed by atoms with Gasteiger partial charge in [0.05, 0.1) is 0 Å². The molecular weight excluding hydrogens is 218 g/mol. The quantitative estimate of drug-likeness (QED) is 0.760. The molecule has 0 bridgehead atoms. The Morgan fingerprint density at radius 1 is 1.00 bits per heavy atom. The molecule has 1 N–H and O–H groups in total. The van der Waals surface area contributed by atoms with Crippen LogP contribution < -0.4 is 5.32 Å². The van der Waals surface area contributed by atoms with E-state index in [-0.39, 0.29) is 0 Å². The van der Waals surface area contributed by atoms with Gasteiger partial charge in [-0.3, -0.25) is 0 Å². The van der Waals surface area contributed by atoms with Crippen LogP contribution in [0.4, 0.5) is 0 Å². The minimum Gasteiger partial charge on any atom is -0.313 e. The Morgan fingerprint density at radius 2 is 1.67 bits per heavy atom. The number of nitrogens with one attached hydrogen (secondary N) is 1. The van der Waals surface area contributed by atoms with Crippen LogP contribution in [0.1, 0.15) is 55.2 Å². The zero-order valence-electron chi connectivity index (χ0n) is 12.0. The Bertz CT molecular complexity index is 344. The van der Waals surface area contributed by atoms with E-state index >= 15 is 0 Å². The number of benzene rings is 1. The van der Waals surface area contributed by atoms with Crippen molar-refractivity contribution in [3.8, 4) is 0 Å². The van der Waals surface area contributed by atoms with E-state index in [9.17, 15) is 0 Å². The first kappa shape index (κ1) is 13.6. The van der Waals surface area contributed by atoms with Gasteiger partial charge in [0.1, 0.15) is 0 Å². The van der Waals surface area contributed by atoms with Crippen LogP contribution in [0.5, 0.6) is 0 Å². The van der Waals surface area contributed by atoms with Crippen molar-refractivity contribution in [2.45, 2.75) is 58.9 Å². The number of aryl methyl sites for hydroxylation is 2. The van der Waals surface area contributed by atoms with Crippen LogP contribution in [0.3, 0.4) is 0 Å². The zero-order chi connectivity index (χ0) is 12.8. The predicted molar refractivity (Wildman–Crippen MR) is 78.8 cm³/mol. The molecular formula is C17H27N. The molecule has 0 saturated heterocycles. The molecule has 1 aliphatic carbocycles. The van der Waals surface area contributed by atoms with Crippen LogP contribution in [0.25, 0.3) is 0 Å². The summed E-state index contributed by atoms with van der Waals surface area (Å²) in [5, 5.41) is 3.60. The van der Waals surface area contributed by atoms with Crippen LogP contribution in [0.2, 0.25) is 0 Å². The number of hydrogen-bond donors (Lipinski definition) is 1. The standard InChI is InChI=1S/C17H27N/c1-14-10-15(2)12-17(11-14)13-18-9-8-16-6-4-3-5-7-16/h10-12,16,18H,3-9,13H2,1-2H3. The van der Waals surface area contributed by atoms with Gasteiger partial charge in [-0.25, -0.2) is 0 Å². The normalized spacial score (nSPS) is 17.0. The predicted octanol–water partition coefficient (Wildman–Crippen LogP) is 4.36. The van der Waals surface area contributed by atoms with E-state index in [4.69, 9.17) is 0 Å². The smallest absolute Gasteiger partial charge is 0.0205 e. The van der Waals surface area contributed by atoms with Gasteiger partial charge in [0, 0.05) is 6.54 Å². The molecule has 1 aromatic carbocycles. The van der Waals surface area contributed by atoms with E-state index in [2.05, 4.69) is 37.4 Å². The Kier molecular flexibility index (Phi) is 5.25. The Morgan fingerprint density at radius 3 is 2.33 bits per heavy atom. The minimum absolute atomic E-state index is 0.991. The van der Waals surface area contributed by atoms with Crippen LogP contribution in [0.15, 0.2) is 18.2 Å². The zero-order valence-corrected chi connectivity index (χ0v) is 12.0. The van der Waals surface area contributed by atoms with Crippen LogP contribution in [0, 0.1) is 19.8 Å². The molecule has 1 nitrogen and oxygen atoms in total. The third-order valence-electron chi connectivity index (χ3n) is 4.06. The van der Waals surface area contributed by atoms with Gasteiger partial charge in [0.25, 0.3) is 0 Å². The lowest BCUT2D eigenvalue weighted by atomic mass is 9.87. The molecule has 1 heteroatoms. The van der Waals surface area contributed by atoms with E-state index in [1.54, 1.807) is 0 Å². The summed E-state index contributed by atoms with van der Waals surface area (Å²) in [4.78, 5) is 0. The molecule has 2 rings (SSSR count). The van der Waals surface area contributed by atoms with Crippen molar-refractivity contribution in [3.63, 3.8) is 0 Å². The van der Waals surface area contributed by atoms with Crippen molar-refractivity contribution in [1.82, 2.24) is 5.32 Å². The summed E-state index contributed by atoms with van der Waals surface area (Å²) in [5.74, 6) is 0.991. The summed E-state index contributed by atoms with van der Waals surface area (Å²) < 4.78 is 0. The van der Waals surface area contributed by atoms with E-state index in [0.717, 1.165) is 12.5 Å². The second kappa shape index (κ2) is 6.94. The molecule has 0 spiro atoms. The van der Waals surface area contributed by atoms with Gasteiger partial charge in [-0.05, 0) is 38.3 Å².